The van der Waals surface area contributed by atoms with E-state index in [1.807, 2.05) is 12.1 Å². The number of methoxy groups -OCH3 is 1. The molecule has 0 fully saturated rings. The summed E-state index contributed by atoms with van der Waals surface area (Å²) in [7, 11) is 1.53. The summed E-state index contributed by atoms with van der Waals surface area (Å²) in [6.07, 6.45) is 4.78. The Morgan fingerprint density at radius 3 is 2.87 bits per heavy atom. The third-order valence-corrected chi connectivity index (χ3v) is 2.17. The highest BCUT2D eigenvalue weighted by molar-refractivity contribution is 6.31. The van der Waals surface area contributed by atoms with Gasteiger partial charge in [-0.15, -0.1) is 0 Å². The maximum absolute atomic E-state index is 5.88. The van der Waals surface area contributed by atoms with Crippen molar-refractivity contribution in [2.45, 2.75) is 0 Å². The van der Waals surface area contributed by atoms with Gasteiger partial charge in [0.1, 0.15) is 12.0 Å². The zero-order valence-corrected chi connectivity index (χ0v) is 8.77. The highest BCUT2D eigenvalue weighted by Gasteiger charge is 2.11. The molecule has 2 aromatic rings. The fourth-order valence-electron chi connectivity index (χ4n) is 1.24. The second-order valence-electron chi connectivity index (χ2n) is 2.79. The van der Waals surface area contributed by atoms with E-state index in [-0.39, 0.29) is 0 Å². The minimum atomic E-state index is 0.298. The standard InChI is InChI=1S/C10H8ClN3O/c1-15-9-8(13-6-14-10(9)11)7-3-2-4-12-5-7/h2-6H,1H3. The molecule has 0 unspecified atom stereocenters. The normalized spacial score (nSPS) is 10.0. The van der Waals surface area contributed by atoms with E-state index in [4.69, 9.17) is 16.3 Å². The molecule has 0 atom stereocenters. The molecule has 0 aliphatic heterocycles. The fraction of sp³-hybridized carbons (Fsp3) is 0.100. The van der Waals surface area contributed by atoms with Crippen LogP contribution in [0.2, 0.25) is 5.15 Å². The van der Waals surface area contributed by atoms with Gasteiger partial charge < -0.3 is 4.74 Å². The van der Waals surface area contributed by atoms with Gasteiger partial charge in [0.15, 0.2) is 10.9 Å². The quantitative estimate of drug-likeness (QED) is 0.730. The van der Waals surface area contributed by atoms with Crippen LogP contribution < -0.4 is 4.74 Å². The largest absolute Gasteiger partial charge is 0.491 e. The first-order valence-electron chi connectivity index (χ1n) is 4.28. The summed E-state index contributed by atoms with van der Waals surface area (Å²) in [4.78, 5) is 12.0. The summed E-state index contributed by atoms with van der Waals surface area (Å²) in [5.74, 6) is 0.465. The average Bonchev–Trinajstić information content (AvgIpc) is 2.30. The monoisotopic (exact) mass is 221 g/mol. The Hall–Kier alpha value is -1.68. The van der Waals surface area contributed by atoms with E-state index in [0.29, 0.717) is 16.6 Å². The van der Waals surface area contributed by atoms with Gasteiger partial charge >= 0.3 is 0 Å². The lowest BCUT2D eigenvalue weighted by Crippen LogP contribution is -1.94. The molecular formula is C10H8ClN3O. The van der Waals surface area contributed by atoms with Gasteiger partial charge in [-0.1, -0.05) is 11.6 Å². The topological polar surface area (TPSA) is 47.9 Å². The van der Waals surface area contributed by atoms with Crippen LogP contribution in [0.5, 0.6) is 5.75 Å². The van der Waals surface area contributed by atoms with Crippen molar-refractivity contribution in [2.24, 2.45) is 0 Å². The van der Waals surface area contributed by atoms with Crippen molar-refractivity contribution >= 4 is 11.6 Å². The molecule has 0 N–H and O–H groups in total. The Bertz CT molecular complexity index is 461. The second kappa shape index (κ2) is 4.23. The Morgan fingerprint density at radius 1 is 1.33 bits per heavy atom. The van der Waals surface area contributed by atoms with Crippen LogP contribution in [0, 0.1) is 0 Å². The third-order valence-electron chi connectivity index (χ3n) is 1.90. The van der Waals surface area contributed by atoms with Crippen molar-refractivity contribution in [3.8, 4) is 17.0 Å². The van der Waals surface area contributed by atoms with Gasteiger partial charge in [-0.05, 0) is 12.1 Å². The number of aromatic nitrogens is 3. The van der Waals surface area contributed by atoms with E-state index in [1.165, 1.54) is 13.4 Å². The minimum Gasteiger partial charge on any atom is -0.491 e. The molecule has 15 heavy (non-hydrogen) atoms. The van der Waals surface area contributed by atoms with E-state index in [9.17, 15) is 0 Å². The molecule has 0 spiro atoms. The summed E-state index contributed by atoms with van der Waals surface area (Å²) < 4.78 is 5.15. The van der Waals surface area contributed by atoms with Crippen molar-refractivity contribution in [2.75, 3.05) is 7.11 Å². The van der Waals surface area contributed by atoms with Gasteiger partial charge in [-0.3, -0.25) is 4.98 Å². The van der Waals surface area contributed by atoms with E-state index in [0.717, 1.165) is 5.56 Å². The molecule has 0 aliphatic rings. The zero-order chi connectivity index (χ0) is 10.7. The molecule has 2 aromatic heterocycles. The number of pyridine rings is 1. The molecule has 0 aromatic carbocycles. The highest BCUT2D eigenvalue weighted by Crippen LogP contribution is 2.31. The lowest BCUT2D eigenvalue weighted by Gasteiger charge is -2.07. The van der Waals surface area contributed by atoms with Gasteiger partial charge in [0, 0.05) is 18.0 Å². The molecule has 0 saturated heterocycles. The number of ether oxygens (including phenoxy) is 1. The van der Waals surface area contributed by atoms with Crippen LogP contribution >= 0.6 is 11.6 Å². The first kappa shape index (κ1) is 9.86. The van der Waals surface area contributed by atoms with E-state index >= 15 is 0 Å². The molecule has 4 nitrogen and oxygen atoms in total. The van der Waals surface area contributed by atoms with Crippen molar-refractivity contribution in [3.63, 3.8) is 0 Å². The third kappa shape index (κ3) is 1.89. The molecule has 5 heteroatoms. The number of rotatable bonds is 2. The van der Waals surface area contributed by atoms with Crippen molar-refractivity contribution in [3.05, 3.63) is 36.0 Å². The van der Waals surface area contributed by atoms with Crippen molar-refractivity contribution in [1.29, 1.82) is 0 Å². The van der Waals surface area contributed by atoms with E-state index in [1.54, 1.807) is 12.4 Å². The summed E-state index contributed by atoms with van der Waals surface area (Å²) in [6.45, 7) is 0. The number of hydrogen-bond acceptors (Lipinski definition) is 4. The van der Waals surface area contributed by atoms with Gasteiger partial charge in [0.05, 0.1) is 7.11 Å². The summed E-state index contributed by atoms with van der Waals surface area (Å²) in [5, 5.41) is 0.298. The molecule has 0 bridgehead atoms. The molecular weight excluding hydrogens is 214 g/mol. The molecule has 0 saturated carbocycles. The van der Waals surface area contributed by atoms with Crippen molar-refractivity contribution < 1.29 is 4.74 Å². The Labute approximate surface area is 91.9 Å². The molecule has 2 rings (SSSR count). The number of halogens is 1. The van der Waals surface area contributed by atoms with Crippen LogP contribution in [0.25, 0.3) is 11.3 Å². The lowest BCUT2D eigenvalue weighted by atomic mass is 10.2. The van der Waals surface area contributed by atoms with E-state index in [2.05, 4.69) is 15.0 Å². The van der Waals surface area contributed by atoms with Gasteiger partial charge in [0.2, 0.25) is 0 Å². The summed E-state index contributed by atoms with van der Waals surface area (Å²) >= 11 is 5.88. The molecule has 76 valence electrons. The minimum absolute atomic E-state index is 0.298. The zero-order valence-electron chi connectivity index (χ0n) is 8.01. The molecule has 0 radical (unpaired) electrons. The average molecular weight is 222 g/mol. The summed E-state index contributed by atoms with van der Waals surface area (Å²) in [5.41, 5.74) is 1.49. The predicted molar refractivity (Wildman–Crippen MR) is 56.8 cm³/mol. The Morgan fingerprint density at radius 2 is 2.20 bits per heavy atom. The first-order valence-corrected chi connectivity index (χ1v) is 4.65. The van der Waals surface area contributed by atoms with Crippen LogP contribution in [0.1, 0.15) is 0 Å². The van der Waals surface area contributed by atoms with Crippen LogP contribution in [-0.2, 0) is 0 Å². The second-order valence-corrected chi connectivity index (χ2v) is 3.15. The molecule has 0 aliphatic carbocycles. The van der Waals surface area contributed by atoms with Crippen LogP contribution in [0.3, 0.4) is 0 Å². The highest BCUT2D eigenvalue weighted by atomic mass is 35.5. The van der Waals surface area contributed by atoms with Crippen LogP contribution in [0.4, 0.5) is 0 Å². The van der Waals surface area contributed by atoms with Crippen molar-refractivity contribution in [1.82, 2.24) is 15.0 Å². The van der Waals surface area contributed by atoms with Crippen LogP contribution in [-0.4, -0.2) is 22.1 Å². The van der Waals surface area contributed by atoms with Gasteiger partial charge in [0.25, 0.3) is 0 Å². The van der Waals surface area contributed by atoms with E-state index < -0.39 is 0 Å². The fourth-order valence-corrected chi connectivity index (χ4v) is 1.45. The maximum Gasteiger partial charge on any atom is 0.182 e. The summed E-state index contributed by atoms with van der Waals surface area (Å²) in [6, 6.07) is 3.71. The maximum atomic E-state index is 5.88. The van der Waals surface area contributed by atoms with Gasteiger partial charge in [-0.25, -0.2) is 9.97 Å². The Balaban J connectivity index is 2.58. The predicted octanol–water partition coefficient (Wildman–Crippen LogP) is 2.20. The first-order chi connectivity index (χ1) is 7.33. The SMILES string of the molecule is COc1c(Cl)ncnc1-c1cccnc1. The number of hydrogen-bond donors (Lipinski definition) is 0. The molecule has 2 heterocycles. The smallest absolute Gasteiger partial charge is 0.182 e. The van der Waals surface area contributed by atoms with Crippen LogP contribution in [0.15, 0.2) is 30.9 Å². The Kier molecular flexibility index (Phi) is 2.78. The molecule has 0 amide bonds. The lowest BCUT2D eigenvalue weighted by molar-refractivity contribution is 0.413. The number of nitrogens with zero attached hydrogens (tertiary/aromatic N) is 3. The van der Waals surface area contributed by atoms with Gasteiger partial charge in [-0.2, -0.15) is 0 Å².